The van der Waals surface area contributed by atoms with Crippen LogP contribution < -0.4 is 16.3 Å². The first kappa shape index (κ1) is 33.7. The fourth-order valence-corrected chi connectivity index (χ4v) is 8.30. The van der Waals surface area contributed by atoms with E-state index in [1.807, 2.05) is 6.92 Å². The maximum Gasteiger partial charge on any atom is 0.386 e. The van der Waals surface area contributed by atoms with Gasteiger partial charge in [0.2, 0.25) is 0 Å². The number of hydrogen-bond acceptors (Lipinski definition) is 17. The van der Waals surface area contributed by atoms with Gasteiger partial charge in [-0.15, -0.1) is 0 Å². The van der Waals surface area contributed by atoms with E-state index in [1.54, 1.807) is 10.9 Å². The average Bonchev–Trinajstić information content (AvgIpc) is 3.75. The van der Waals surface area contributed by atoms with E-state index in [-0.39, 0.29) is 34.5 Å². The minimum Gasteiger partial charge on any atom is -0.387 e. The highest BCUT2D eigenvalue weighted by atomic mass is 32.7. The van der Waals surface area contributed by atoms with Crippen LogP contribution in [0.3, 0.4) is 0 Å². The zero-order valence-electron chi connectivity index (χ0n) is 23.7. The maximum atomic E-state index is 13.6. The van der Waals surface area contributed by atoms with Gasteiger partial charge in [0.1, 0.15) is 53.2 Å². The highest BCUT2D eigenvalue weighted by Crippen LogP contribution is 2.57. The number of thiol groups is 2. The number of imidazole rings is 1. The molecule has 0 spiro atoms. The van der Waals surface area contributed by atoms with Gasteiger partial charge in [-0.3, -0.25) is 27.5 Å². The Hall–Kier alpha value is -2.20. The molecule has 24 heteroatoms. The molecule has 3 unspecified atom stereocenters. The predicted octanol–water partition coefficient (Wildman–Crippen LogP) is 1.92. The quantitative estimate of drug-likeness (QED) is 0.0948. The van der Waals surface area contributed by atoms with Crippen molar-refractivity contribution in [3.63, 3.8) is 0 Å². The summed E-state index contributed by atoms with van der Waals surface area (Å²) in [6, 6.07) is 0. The van der Waals surface area contributed by atoms with Gasteiger partial charge in [-0.05, 0) is 12.3 Å². The van der Waals surface area contributed by atoms with Crippen molar-refractivity contribution in [3.05, 3.63) is 28.6 Å². The van der Waals surface area contributed by atoms with Gasteiger partial charge in [0.05, 0.1) is 25.6 Å². The molecule has 0 aliphatic carbocycles. The molecule has 19 nitrogen and oxygen atoms in total. The molecule has 0 radical (unpaired) electrons. The van der Waals surface area contributed by atoms with Crippen molar-refractivity contribution in [2.45, 2.75) is 56.6 Å². The summed E-state index contributed by atoms with van der Waals surface area (Å²) in [6.45, 7) is -7.45. The first-order chi connectivity index (χ1) is 21.8. The van der Waals surface area contributed by atoms with Crippen molar-refractivity contribution in [2.75, 3.05) is 24.7 Å². The van der Waals surface area contributed by atoms with E-state index in [1.165, 1.54) is 6.33 Å². The number of aliphatic hydroxyl groups is 1. The molecule has 6 N–H and O–H groups in total. The van der Waals surface area contributed by atoms with Crippen LogP contribution in [-0.4, -0.2) is 81.7 Å². The van der Waals surface area contributed by atoms with Crippen molar-refractivity contribution in [3.8, 4) is 0 Å². The first-order valence-electron chi connectivity index (χ1n) is 13.7. The lowest BCUT2D eigenvalue weighted by molar-refractivity contribution is -0.0486. The molecule has 0 bridgehead atoms. The number of aromatic nitrogens is 7. The Morgan fingerprint density at radius 1 is 1.04 bits per heavy atom. The van der Waals surface area contributed by atoms with E-state index in [0.717, 1.165) is 22.2 Å². The molecule has 2 saturated heterocycles. The molecule has 6 heterocycles. The van der Waals surface area contributed by atoms with Crippen molar-refractivity contribution in [1.29, 1.82) is 0 Å². The summed E-state index contributed by atoms with van der Waals surface area (Å²) in [5.41, 5.74) is 12.8. The Bertz CT molecular complexity index is 1910. The molecule has 4 aromatic rings. The third-order valence-corrected chi connectivity index (χ3v) is 11.1. The number of hydrogen-bond donors (Lipinski definition) is 6. The second-order valence-electron chi connectivity index (χ2n) is 10.4. The minimum absolute atomic E-state index is 0.0269. The molecule has 4 aromatic heterocycles. The third-order valence-electron chi connectivity index (χ3n) is 7.64. The summed E-state index contributed by atoms with van der Waals surface area (Å²) in [7, 11) is 0. The third kappa shape index (κ3) is 6.71. The van der Waals surface area contributed by atoms with Gasteiger partial charge < -0.3 is 30.9 Å². The highest BCUT2D eigenvalue weighted by Gasteiger charge is 2.50. The minimum atomic E-state index is -4.31. The summed E-state index contributed by atoms with van der Waals surface area (Å²) < 4.78 is 56.6. The van der Waals surface area contributed by atoms with E-state index in [9.17, 15) is 23.9 Å². The zero-order valence-corrected chi connectivity index (χ0v) is 28.1. The number of nitrogen functional groups attached to an aromatic ring is 2. The van der Waals surface area contributed by atoms with Crippen LogP contribution in [0.4, 0.5) is 11.6 Å². The molecule has 0 amide bonds. The second kappa shape index (κ2) is 13.0. The summed E-state index contributed by atoms with van der Waals surface area (Å²) >= 11 is 8.33. The number of nitrogens with zero attached hydrogens (tertiary/aromatic N) is 7. The fourth-order valence-electron chi connectivity index (χ4n) is 5.44. The van der Waals surface area contributed by atoms with Gasteiger partial charge in [0, 0.05) is 0 Å². The molecule has 46 heavy (non-hydrogen) atoms. The van der Waals surface area contributed by atoms with Crippen LogP contribution in [0.2, 0.25) is 0 Å². The van der Waals surface area contributed by atoms with Crippen LogP contribution in [0, 0.1) is 5.92 Å². The van der Waals surface area contributed by atoms with E-state index in [0.29, 0.717) is 24.0 Å². The predicted molar refractivity (Wildman–Crippen MR) is 170 cm³/mol. The number of ether oxygens (including phenoxy) is 2. The van der Waals surface area contributed by atoms with Crippen molar-refractivity contribution in [1.82, 2.24) is 34.1 Å². The molecular weight excluding hydrogens is 708 g/mol. The van der Waals surface area contributed by atoms with Gasteiger partial charge in [0.15, 0.2) is 23.3 Å². The van der Waals surface area contributed by atoms with Crippen molar-refractivity contribution >= 4 is 82.6 Å². The lowest BCUT2D eigenvalue weighted by Gasteiger charge is -2.25. The van der Waals surface area contributed by atoms with Crippen molar-refractivity contribution in [2.24, 2.45) is 5.92 Å². The number of thiazole rings is 1. The number of anilines is 2. The Morgan fingerprint density at radius 2 is 1.74 bits per heavy atom. The van der Waals surface area contributed by atoms with E-state index >= 15 is 0 Å². The van der Waals surface area contributed by atoms with Crippen LogP contribution in [0.25, 0.3) is 21.5 Å². The Labute approximate surface area is 274 Å². The molecule has 2 aliphatic rings. The molecular formula is C22H29N9O10P2S3. The molecule has 0 saturated carbocycles. The normalized spacial score (nSPS) is 29.4. The molecule has 9 atom stereocenters. The van der Waals surface area contributed by atoms with Crippen molar-refractivity contribution < 1.29 is 42.2 Å². The number of rotatable bonds is 11. The fraction of sp³-hybridized carbons (Fsp3) is 0.545. The molecule has 250 valence electrons. The molecule has 6 rings (SSSR count). The molecule has 2 aliphatic heterocycles. The monoisotopic (exact) mass is 737 g/mol. The van der Waals surface area contributed by atoms with Gasteiger partial charge in [-0.25, -0.2) is 34.0 Å². The Kier molecular flexibility index (Phi) is 9.53. The van der Waals surface area contributed by atoms with Crippen LogP contribution in [0.5, 0.6) is 0 Å². The van der Waals surface area contributed by atoms with Gasteiger partial charge in [-0.1, -0.05) is 49.2 Å². The lowest BCUT2D eigenvalue weighted by atomic mass is 9.98. The average molecular weight is 738 g/mol. The SMILES string of the molecule is CCC1C[C@H](n2cnc3c(N)ncnc32)O[C@@H]1CO[P@@](=O)(S)O[C@@H]1C(O)C(CO[P@](=O)(O)S)O[C@H]1n1c(=O)sc2c(N)ncnc21. The zero-order chi connectivity index (χ0) is 33.0. The standard InChI is InChI=1S/C22H29N9O10P2S3/c1-2-9-3-12(30-8-29-13-17(23)25-6-27-19(13)30)39-10(9)4-38-43(36,45)41-15-14(32)11(5-37-42(34,35)44)40-21(15)31-20-16(46-22(31)33)18(24)26-7-28-20/h6-12,14-15,21,32H,2-5H2,1H3,(H,36,45)(H2,23,25,27)(H2,24,26,28)(H2,34,35,44)/t9?,10-,11?,12-,14?,15-,21-,43-/m1/s1. The summed E-state index contributed by atoms with van der Waals surface area (Å²) in [5, 5.41) is 11.1. The van der Waals surface area contributed by atoms with E-state index in [2.05, 4.69) is 49.4 Å². The summed E-state index contributed by atoms with van der Waals surface area (Å²) in [5.74, 6) is 0.235. The van der Waals surface area contributed by atoms with E-state index < -0.39 is 61.9 Å². The van der Waals surface area contributed by atoms with Crippen LogP contribution in [0.1, 0.15) is 32.2 Å². The van der Waals surface area contributed by atoms with Crippen LogP contribution in [0.15, 0.2) is 23.8 Å². The van der Waals surface area contributed by atoms with Gasteiger partial charge >= 0.3 is 18.5 Å². The number of fused-ring (bicyclic) bond motifs is 2. The number of nitrogens with two attached hydrogens (primary N) is 2. The second-order valence-corrected chi connectivity index (χ2v) is 17.0. The molecule has 0 aromatic carbocycles. The van der Waals surface area contributed by atoms with E-state index in [4.69, 9.17) is 34.5 Å². The maximum absolute atomic E-state index is 13.6. The topological polar surface area (TPSA) is 264 Å². The first-order valence-corrected chi connectivity index (χ1v) is 19.9. The highest BCUT2D eigenvalue weighted by molar-refractivity contribution is 8.44. The largest absolute Gasteiger partial charge is 0.387 e. The van der Waals surface area contributed by atoms with Gasteiger partial charge in [0.25, 0.3) is 0 Å². The van der Waals surface area contributed by atoms with Crippen LogP contribution >= 0.6 is 49.4 Å². The molecule has 2 fully saturated rings. The van der Waals surface area contributed by atoms with Gasteiger partial charge in [-0.2, -0.15) is 0 Å². The Balaban J connectivity index is 1.21. The smallest absolute Gasteiger partial charge is 0.386 e. The Morgan fingerprint density at radius 3 is 2.46 bits per heavy atom. The lowest BCUT2D eigenvalue weighted by Crippen LogP contribution is -2.36. The van der Waals surface area contributed by atoms with Crippen LogP contribution in [-0.2, 0) is 32.2 Å². The summed E-state index contributed by atoms with van der Waals surface area (Å²) in [6.07, 6.45) is -1.72. The number of aliphatic hydroxyl groups excluding tert-OH is 1. The summed E-state index contributed by atoms with van der Waals surface area (Å²) in [4.78, 5) is 42.4.